The third kappa shape index (κ3) is 4.76. The summed E-state index contributed by atoms with van der Waals surface area (Å²) in [6, 6.07) is 13.1. The molecule has 2 heterocycles. The Kier molecular flexibility index (Phi) is 6.02. The maximum Gasteiger partial charge on any atom is 0.254 e. The van der Waals surface area contributed by atoms with Crippen LogP contribution in [0.25, 0.3) is 0 Å². The summed E-state index contributed by atoms with van der Waals surface area (Å²) in [5.41, 5.74) is 1.84. The van der Waals surface area contributed by atoms with Gasteiger partial charge >= 0.3 is 0 Å². The summed E-state index contributed by atoms with van der Waals surface area (Å²) in [7, 11) is 0. The minimum absolute atomic E-state index is 0.0544. The number of carbonyl (C=O) groups excluding carboxylic acids is 3. The molecule has 0 radical (unpaired) electrons. The summed E-state index contributed by atoms with van der Waals surface area (Å²) >= 11 is 0. The van der Waals surface area contributed by atoms with Crippen molar-refractivity contribution in [3.63, 3.8) is 0 Å². The number of fused-ring (bicyclic) bond motifs is 1. The molecule has 31 heavy (non-hydrogen) atoms. The molecule has 6 nitrogen and oxygen atoms in total. The van der Waals surface area contributed by atoms with Crippen LogP contribution in [0.3, 0.4) is 0 Å². The predicted octanol–water partition coefficient (Wildman–Crippen LogP) is 3.44. The molecular formula is C24H26FN3O3. The van der Waals surface area contributed by atoms with Crippen molar-refractivity contribution >= 4 is 23.4 Å². The number of hydrogen-bond donors (Lipinski definition) is 1. The lowest BCUT2D eigenvalue weighted by atomic mass is 9.98. The molecule has 2 aromatic rings. The molecule has 0 spiro atoms. The molecule has 2 aliphatic rings. The van der Waals surface area contributed by atoms with Crippen molar-refractivity contribution < 1.29 is 18.8 Å². The topological polar surface area (TPSA) is 69.7 Å². The number of rotatable bonds is 4. The predicted molar refractivity (Wildman–Crippen MR) is 115 cm³/mol. The van der Waals surface area contributed by atoms with Gasteiger partial charge in [-0.2, -0.15) is 0 Å². The SMILES string of the molecule is CC(=O)Nc1cccc(C(=O)N2C[C@H]3CCCC(=O)N(Cc4cccc(F)c4)[C@H]3C2)c1. The molecule has 7 heteroatoms. The fraction of sp³-hybridized carbons (Fsp3) is 0.375. The van der Waals surface area contributed by atoms with Crippen molar-refractivity contribution in [1.29, 1.82) is 0 Å². The summed E-state index contributed by atoms with van der Waals surface area (Å²) in [4.78, 5) is 40.9. The van der Waals surface area contributed by atoms with Gasteiger partial charge in [0.1, 0.15) is 5.82 Å². The Bertz CT molecular complexity index is 1010. The quantitative estimate of drug-likeness (QED) is 0.819. The van der Waals surface area contributed by atoms with Gasteiger partial charge in [-0.3, -0.25) is 14.4 Å². The zero-order valence-corrected chi connectivity index (χ0v) is 17.5. The van der Waals surface area contributed by atoms with Gasteiger partial charge in [0, 0.05) is 44.2 Å². The highest BCUT2D eigenvalue weighted by Crippen LogP contribution is 2.32. The van der Waals surface area contributed by atoms with Crippen molar-refractivity contribution in [2.75, 3.05) is 18.4 Å². The van der Waals surface area contributed by atoms with Crippen LogP contribution >= 0.6 is 0 Å². The summed E-state index contributed by atoms with van der Waals surface area (Å²) < 4.78 is 13.7. The number of benzene rings is 2. The molecule has 2 aliphatic heterocycles. The average Bonchev–Trinajstić information content (AvgIpc) is 3.09. The minimum atomic E-state index is -0.321. The van der Waals surface area contributed by atoms with Gasteiger partial charge in [-0.05, 0) is 54.7 Å². The van der Waals surface area contributed by atoms with E-state index in [1.807, 2.05) is 11.0 Å². The molecule has 0 bridgehead atoms. The van der Waals surface area contributed by atoms with Gasteiger partial charge in [-0.25, -0.2) is 4.39 Å². The Hall–Kier alpha value is -3.22. The van der Waals surface area contributed by atoms with E-state index in [4.69, 9.17) is 0 Å². The smallest absolute Gasteiger partial charge is 0.254 e. The summed E-state index contributed by atoms with van der Waals surface area (Å²) in [5.74, 6) is -0.377. The number of amides is 3. The first-order valence-electron chi connectivity index (χ1n) is 10.6. The molecule has 0 saturated carbocycles. The lowest BCUT2D eigenvalue weighted by Crippen LogP contribution is -2.43. The van der Waals surface area contributed by atoms with Gasteiger partial charge in [-0.15, -0.1) is 0 Å². The van der Waals surface area contributed by atoms with Gasteiger partial charge in [0.15, 0.2) is 0 Å². The fourth-order valence-corrected chi connectivity index (χ4v) is 4.65. The van der Waals surface area contributed by atoms with Gasteiger partial charge in [0.2, 0.25) is 11.8 Å². The van der Waals surface area contributed by atoms with Crippen molar-refractivity contribution in [2.45, 2.75) is 38.8 Å². The van der Waals surface area contributed by atoms with Crippen molar-refractivity contribution in [1.82, 2.24) is 9.80 Å². The number of anilines is 1. The zero-order chi connectivity index (χ0) is 22.0. The molecular weight excluding hydrogens is 397 g/mol. The summed E-state index contributed by atoms with van der Waals surface area (Å²) in [5, 5.41) is 2.70. The Morgan fingerprint density at radius 1 is 1.13 bits per heavy atom. The molecule has 3 amide bonds. The van der Waals surface area contributed by atoms with E-state index in [1.54, 1.807) is 35.2 Å². The second-order valence-electron chi connectivity index (χ2n) is 8.34. The number of halogens is 1. The number of nitrogens with zero attached hydrogens (tertiary/aromatic N) is 2. The minimum Gasteiger partial charge on any atom is -0.336 e. The van der Waals surface area contributed by atoms with E-state index in [2.05, 4.69) is 5.32 Å². The van der Waals surface area contributed by atoms with Gasteiger partial charge in [0.05, 0.1) is 6.04 Å². The lowest BCUT2D eigenvalue weighted by Gasteiger charge is -2.30. The lowest BCUT2D eigenvalue weighted by molar-refractivity contribution is -0.133. The number of carbonyl (C=O) groups is 3. The van der Waals surface area contributed by atoms with Crippen molar-refractivity contribution in [2.24, 2.45) is 5.92 Å². The third-order valence-corrected chi connectivity index (χ3v) is 6.05. The van der Waals surface area contributed by atoms with Gasteiger partial charge in [0.25, 0.3) is 5.91 Å². The standard InChI is InChI=1S/C24H26FN3O3/c1-16(29)26-21-9-3-6-18(12-21)24(31)27-14-19-7-4-10-23(30)28(22(19)15-27)13-17-5-2-8-20(25)11-17/h2-3,5-6,8-9,11-12,19,22H,4,7,10,13-15H2,1H3,(H,26,29)/t19-,22+/m1/s1. The second-order valence-corrected chi connectivity index (χ2v) is 8.34. The van der Waals surface area contributed by atoms with E-state index in [-0.39, 0.29) is 35.5 Å². The van der Waals surface area contributed by atoms with E-state index in [0.29, 0.717) is 37.3 Å². The number of nitrogens with one attached hydrogen (secondary N) is 1. The van der Waals surface area contributed by atoms with Crippen LogP contribution in [0.2, 0.25) is 0 Å². The van der Waals surface area contributed by atoms with E-state index >= 15 is 0 Å². The van der Waals surface area contributed by atoms with Crippen LogP contribution in [0, 0.1) is 11.7 Å². The van der Waals surface area contributed by atoms with E-state index in [9.17, 15) is 18.8 Å². The maximum absolute atomic E-state index is 13.7. The highest BCUT2D eigenvalue weighted by atomic mass is 19.1. The summed E-state index contributed by atoms with van der Waals surface area (Å²) in [6.45, 7) is 2.81. The molecule has 2 fully saturated rings. The van der Waals surface area contributed by atoms with Crippen LogP contribution in [-0.2, 0) is 16.1 Å². The van der Waals surface area contributed by atoms with Crippen molar-refractivity contribution in [3.05, 3.63) is 65.5 Å². The summed E-state index contributed by atoms with van der Waals surface area (Å²) in [6.07, 6.45) is 2.15. The maximum atomic E-state index is 13.7. The molecule has 4 rings (SSSR count). The monoisotopic (exact) mass is 423 g/mol. The van der Waals surface area contributed by atoms with Crippen LogP contribution in [-0.4, -0.2) is 46.7 Å². The molecule has 2 atom stereocenters. The normalized spacial score (nSPS) is 20.9. The molecule has 0 aromatic heterocycles. The molecule has 1 N–H and O–H groups in total. The molecule has 2 aromatic carbocycles. The first-order valence-corrected chi connectivity index (χ1v) is 10.6. The first kappa shape index (κ1) is 21.0. The molecule has 0 unspecified atom stereocenters. The van der Waals surface area contributed by atoms with Crippen molar-refractivity contribution in [3.8, 4) is 0 Å². The third-order valence-electron chi connectivity index (χ3n) is 6.05. The highest BCUT2D eigenvalue weighted by Gasteiger charge is 2.42. The molecule has 2 saturated heterocycles. The van der Waals surface area contributed by atoms with Crippen LogP contribution < -0.4 is 5.32 Å². The molecule has 162 valence electrons. The number of hydrogen-bond acceptors (Lipinski definition) is 3. The zero-order valence-electron chi connectivity index (χ0n) is 17.5. The Morgan fingerprint density at radius 2 is 1.94 bits per heavy atom. The van der Waals surface area contributed by atoms with Crippen LogP contribution in [0.5, 0.6) is 0 Å². The van der Waals surface area contributed by atoms with E-state index in [1.165, 1.54) is 19.1 Å². The van der Waals surface area contributed by atoms with Crippen LogP contribution in [0.15, 0.2) is 48.5 Å². The van der Waals surface area contributed by atoms with Crippen LogP contribution in [0.1, 0.15) is 42.1 Å². The van der Waals surface area contributed by atoms with E-state index < -0.39 is 0 Å². The average molecular weight is 423 g/mol. The van der Waals surface area contributed by atoms with Gasteiger partial charge in [-0.1, -0.05) is 18.2 Å². The second kappa shape index (κ2) is 8.88. The Morgan fingerprint density at radius 3 is 2.71 bits per heavy atom. The van der Waals surface area contributed by atoms with Crippen LogP contribution in [0.4, 0.5) is 10.1 Å². The first-order chi connectivity index (χ1) is 14.9. The Labute approximate surface area is 181 Å². The van der Waals surface area contributed by atoms with Gasteiger partial charge < -0.3 is 15.1 Å². The largest absolute Gasteiger partial charge is 0.336 e. The molecule has 0 aliphatic carbocycles. The number of likely N-dealkylation sites (tertiary alicyclic amines) is 2. The highest BCUT2D eigenvalue weighted by molar-refractivity contribution is 5.97. The van der Waals surface area contributed by atoms with E-state index in [0.717, 1.165) is 18.4 Å². The fourth-order valence-electron chi connectivity index (χ4n) is 4.65. The Balaban J connectivity index is 1.53.